The number of rotatable bonds is 2. The fourth-order valence-corrected chi connectivity index (χ4v) is 4.00. The molecule has 1 fully saturated rings. The fraction of sp³-hybridized carbons (Fsp3) is 0.538. The molecule has 0 amide bonds. The molecule has 2 N–H and O–H groups in total. The molecule has 2 unspecified atom stereocenters. The highest BCUT2D eigenvalue weighted by molar-refractivity contribution is 7.89. The number of nitrogens with zero attached hydrogens (tertiary/aromatic N) is 1. The average Bonchev–Trinajstić information content (AvgIpc) is 2.35. The van der Waals surface area contributed by atoms with E-state index in [-0.39, 0.29) is 29.3 Å². The molecule has 1 aliphatic heterocycles. The monoisotopic (exact) mass is 322 g/mol. The van der Waals surface area contributed by atoms with E-state index < -0.39 is 15.8 Å². The van der Waals surface area contributed by atoms with Crippen LogP contribution in [0.2, 0.25) is 0 Å². The third kappa shape index (κ3) is 3.31. The van der Waals surface area contributed by atoms with E-state index in [1.807, 2.05) is 6.92 Å². The predicted molar refractivity (Wildman–Crippen MR) is 78.9 cm³/mol. The first-order valence-electron chi connectivity index (χ1n) is 6.34. The highest BCUT2D eigenvalue weighted by Crippen LogP contribution is 2.25. The lowest BCUT2D eigenvalue weighted by Crippen LogP contribution is -2.48. The Morgan fingerprint density at radius 1 is 1.40 bits per heavy atom. The van der Waals surface area contributed by atoms with Crippen molar-refractivity contribution in [2.45, 2.75) is 31.2 Å². The summed E-state index contributed by atoms with van der Waals surface area (Å²) in [5.74, 6) is -0.621. The summed E-state index contributed by atoms with van der Waals surface area (Å²) < 4.78 is 40.0. The van der Waals surface area contributed by atoms with Crippen molar-refractivity contribution in [3.63, 3.8) is 0 Å². The molecule has 1 heterocycles. The standard InChI is InChI=1S/C13H19FN2O2S.ClH/c1-9-3-4-11(14)13(7-9)19(17,18)16-6-5-12(15)10(2)8-16;/h3-4,7,10,12H,5-6,8,15H2,1-2H3;1H. The maximum absolute atomic E-state index is 13.8. The molecular formula is C13H20ClFN2O2S. The van der Waals surface area contributed by atoms with E-state index in [0.29, 0.717) is 19.5 Å². The van der Waals surface area contributed by atoms with Crippen LogP contribution in [0.25, 0.3) is 0 Å². The summed E-state index contributed by atoms with van der Waals surface area (Å²) in [5.41, 5.74) is 6.60. The first-order chi connectivity index (χ1) is 8.82. The van der Waals surface area contributed by atoms with Gasteiger partial charge in [-0.3, -0.25) is 0 Å². The van der Waals surface area contributed by atoms with Crippen LogP contribution in [-0.4, -0.2) is 31.9 Å². The van der Waals surface area contributed by atoms with Gasteiger partial charge in [0.05, 0.1) is 0 Å². The van der Waals surface area contributed by atoms with Gasteiger partial charge < -0.3 is 5.73 Å². The molecule has 2 rings (SSSR count). The van der Waals surface area contributed by atoms with Gasteiger partial charge in [0, 0.05) is 19.1 Å². The molecule has 0 saturated carbocycles. The summed E-state index contributed by atoms with van der Waals surface area (Å²) >= 11 is 0. The normalized spacial score (nSPS) is 24.2. The third-order valence-corrected chi connectivity index (χ3v) is 5.52. The van der Waals surface area contributed by atoms with Crippen LogP contribution in [-0.2, 0) is 10.0 Å². The molecule has 1 saturated heterocycles. The summed E-state index contributed by atoms with van der Waals surface area (Å²) in [5, 5.41) is 0. The lowest BCUT2D eigenvalue weighted by atomic mass is 9.96. The molecule has 7 heteroatoms. The zero-order valence-electron chi connectivity index (χ0n) is 11.5. The molecular weight excluding hydrogens is 303 g/mol. The number of hydrogen-bond acceptors (Lipinski definition) is 3. The van der Waals surface area contributed by atoms with E-state index in [1.165, 1.54) is 16.4 Å². The van der Waals surface area contributed by atoms with Gasteiger partial charge in [0.15, 0.2) is 0 Å². The van der Waals surface area contributed by atoms with Crippen molar-refractivity contribution in [3.8, 4) is 0 Å². The van der Waals surface area contributed by atoms with Crippen LogP contribution < -0.4 is 5.73 Å². The minimum Gasteiger partial charge on any atom is -0.327 e. The first kappa shape index (κ1) is 17.4. The molecule has 0 bridgehead atoms. The van der Waals surface area contributed by atoms with Crippen LogP contribution in [0.5, 0.6) is 0 Å². The highest BCUT2D eigenvalue weighted by atomic mass is 35.5. The summed E-state index contributed by atoms with van der Waals surface area (Å²) in [6, 6.07) is 4.14. The van der Waals surface area contributed by atoms with E-state index in [4.69, 9.17) is 5.73 Å². The van der Waals surface area contributed by atoms with Gasteiger partial charge in [0.2, 0.25) is 10.0 Å². The van der Waals surface area contributed by atoms with Crippen molar-refractivity contribution >= 4 is 22.4 Å². The topological polar surface area (TPSA) is 63.4 Å². The van der Waals surface area contributed by atoms with Crippen molar-refractivity contribution in [2.24, 2.45) is 11.7 Å². The van der Waals surface area contributed by atoms with Crippen molar-refractivity contribution in [3.05, 3.63) is 29.6 Å². The largest absolute Gasteiger partial charge is 0.327 e. The van der Waals surface area contributed by atoms with Crippen LogP contribution in [0.15, 0.2) is 23.1 Å². The average molecular weight is 323 g/mol. The smallest absolute Gasteiger partial charge is 0.246 e. The first-order valence-corrected chi connectivity index (χ1v) is 7.78. The van der Waals surface area contributed by atoms with Crippen LogP contribution in [0.1, 0.15) is 18.9 Å². The van der Waals surface area contributed by atoms with Crippen LogP contribution >= 0.6 is 12.4 Å². The predicted octanol–water partition coefficient (Wildman–Crippen LogP) is 1.91. The van der Waals surface area contributed by atoms with Crippen molar-refractivity contribution < 1.29 is 12.8 Å². The summed E-state index contributed by atoms with van der Waals surface area (Å²) in [6.07, 6.45) is 0.605. The molecule has 4 nitrogen and oxygen atoms in total. The van der Waals surface area contributed by atoms with Gasteiger partial charge in [-0.25, -0.2) is 12.8 Å². The molecule has 1 aliphatic rings. The zero-order chi connectivity index (χ0) is 14.2. The lowest BCUT2D eigenvalue weighted by Gasteiger charge is -2.34. The van der Waals surface area contributed by atoms with Gasteiger partial charge in [0.25, 0.3) is 0 Å². The van der Waals surface area contributed by atoms with E-state index >= 15 is 0 Å². The van der Waals surface area contributed by atoms with Gasteiger partial charge >= 0.3 is 0 Å². The summed E-state index contributed by atoms with van der Waals surface area (Å²) in [4.78, 5) is -0.241. The second-order valence-electron chi connectivity index (χ2n) is 5.23. The van der Waals surface area contributed by atoms with Crippen molar-refractivity contribution in [1.29, 1.82) is 0 Å². The lowest BCUT2D eigenvalue weighted by molar-refractivity contribution is 0.249. The summed E-state index contributed by atoms with van der Waals surface area (Å²) in [7, 11) is -3.77. The Labute approximate surface area is 125 Å². The van der Waals surface area contributed by atoms with Crippen molar-refractivity contribution in [1.82, 2.24) is 4.31 Å². The van der Waals surface area contributed by atoms with Crippen LogP contribution in [0.3, 0.4) is 0 Å². The molecule has 1 aromatic rings. The Kier molecular flexibility index (Phi) is 5.54. The fourth-order valence-electron chi connectivity index (χ4n) is 2.29. The Hall–Kier alpha value is -0.690. The van der Waals surface area contributed by atoms with Gasteiger partial charge in [-0.2, -0.15) is 4.31 Å². The Morgan fingerprint density at radius 3 is 2.65 bits per heavy atom. The van der Waals surface area contributed by atoms with Crippen LogP contribution in [0.4, 0.5) is 4.39 Å². The SMILES string of the molecule is Cc1ccc(F)c(S(=O)(=O)N2CCC(N)C(C)C2)c1.Cl. The number of piperidine rings is 1. The Morgan fingerprint density at radius 2 is 2.05 bits per heavy atom. The Bertz CT molecular complexity index is 580. The summed E-state index contributed by atoms with van der Waals surface area (Å²) in [6.45, 7) is 4.35. The van der Waals surface area contributed by atoms with Gasteiger partial charge in [-0.1, -0.05) is 13.0 Å². The van der Waals surface area contributed by atoms with Crippen molar-refractivity contribution in [2.75, 3.05) is 13.1 Å². The molecule has 20 heavy (non-hydrogen) atoms. The second kappa shape index (κ2) is 6.39. The molecule has 2 atom stereocenters. The van der Waals surface area contributed by atoms with E-state index in [0.717, 1.165) is 5.56 Å². The molecule has 0 spiro atoms. The second-order valence-corrected chi connectivity index (χ2v) is 7.13. The maximum atomic E-state index is 13.8. The number of aryl methyl sites for hydroxylation is 1. The van der Waals surface area contributed by atoms with Crippen LogP contribution in [0, 0.1) is 18.7 Å². The molecule has 0 aromatic heterocycles. The quantitative estimate of drug-likeness (QED) is 0.904. The number of nitrogens with two attached hydrogens (primary N) is 1. The van der Waals surface area contributed by atoms with Gasteiger partial charge in [-0.15, -0.1) is 12.4 Å². The van der Waals surface area contributed by atoms with E-state index in [9.17, 15) is 12.8 Å². The molecule has 0 aliphatic carbocycles. The number of sulfonamides is 1. The highest BCUT2D eigenvalue weighted by Gasteiger charge is 2.33. The maximum Gasteiger partial charge on any atom is 0.246 e. The minimum absolute atomic E-state index is 0. The number of benzene rings is 1. The number of halogens is 2. The Balaban J connectivity index is 0.00000200. The van der Waals surface area contributed by atoms with E-state index in [1.54, 1.807) is 13.0 Å². The molecule has 1 aromatic carbocycles. The molecule has 114 valence electrons. The van der Waals surface area contributed by atoms with E-state index in [2.05, 4.69) is 0 Å². The molecule has 0 radical (unpaired) electrons. The minimum atomic E-state index is -3.77. The number of hydrogen-bond donors (Lipinski definition) is 1. The zero-order valence-corrected chi connectivity index (χ0v) is 13.2. The van der Waals surface area contributed by atoms with Gasteiger partial charge in [0.1, 0.15) is 10.7 Å². The third-order valence-electron chi connectivity index (χ3n) is 3.64. The van der Waals surface area contributed by atoms with Gasteiger partial charge in [-0.05, 0) is 37.0 Å².